The van der Waals surface area contributed by atoms with E-state index in [1.54, 1.807) is 6.21 Å². The maximum Gasteiger partial charge on any atom is 0.152 e. The van der Waals surface area contributed by atoms with Crippen molar-refractivity contribution in [1.29, 1.82) is 0 Å². The Hall–Kier alpha value is -1.95. The fourth-order valence-electron chi connectivity index (χ4n) is 1.72. The third-order valence-corrected chi connectivity index (χ3v) is 3.50. The van der Waals surface area contributed by atoms with Gasteiger partial charge in [-0.1, -0.05) is 41.9 Å². The second kappa shape index (κ2) is 7.35. The Morgan fingerprint density at radius 1 is 1.18 bits per heavy atom. The lowest BCUT2D eigenvalue weighted by Crippen LogP contribution is -2.13. The van der Waals surface area contributed by atoms with Gasteiger partial charge in [0.1, 0.15) is 11.6 Å². The van der Waals surface area contributed by atoms with Crippen molar-refractivity contribution in [3.8, 4) is 0 Å². The highest BCUT2D eigenvalue weighted by Crippen LogP contribution is 2.18. The normalized spacial score (nSPS) is 11.2. The van der Waals surface area contributed by atoms with E-state index in [1.165, 1.54) is 0 Å². The van der Waals surface area contributed by atoms with Crippen LogP contribution in [0, 0.1) is 0 Å². The first-order valence-electron chi connectivity index (χ1n) is 7.06. The molecule has 6 heteroatoms. The molecule has 0 spiro atoms. The number of hydrogen-bond acceptors (Lipinski definition) is 5. The lowest BCUT2D eigenvalue weighted by molar-refractivity contribution is 0.771. The van der Waals surface area contributed by atoms with Crippen LogP contribution in [0.15, 0.2) is 39.9 Å². The van der Waals surface area contributed by atoms with Gasteiger partial charge in [-0.15, -0.1) is 0 Å². The largest absolute Gasteiger partial charge is 0.363 e. The van der Waals surface area contributed by atoms with Crippen molar-refractivity contribution in [3.63, 3.8) is 0 Å². The molecule has 0 aliphatic heterocycles. The minimum atomic E-state index is 0.260. The van der Waals surface area contributed by atoms with Gasteiger partial charge in [-0.3, -0.25) is 5.43 Å². The van der Waals surface area contributed by atoms with Gasteiger partial charge in [-0.25, -0.2) is 9.97 Å². The molecular weight excluding hydrogens is 342 g/mol. The van der Waals surface area contributed by atoms with Gasteiger partial charge in [-0.2, -0.15) is 5.10 Å². The molecule has 0 atom stereocenters. The molecular formula is C16H20BrN5. The van der Waals surface area contributed by atoms with Crippen LogP contribution in [0.25, 0.3) is 0 Å². The fourth-order valence-corrected chi connectivity index (χ4v) is 1.98. The minimum Gasteiger partial charge on any atom is -0.363 e. The van der Waals surface area contributed by atoms with Crippen molar-refractivity contribution in [2.24, 2.45) is 5.10 Å². The first kappa shape index (κ1) is 16.4. The van der Waals surface area contributed by atoms with Gasteiger partial charge in [0.15, 0.2) is 5.82 Å². The molecule has 2 rings (SSSR count). The first-order chi connectivity index (χ1) is 10.5. The highest BCUT2D eigenvalue weighted by Gasteiger charge is 2.08. The molecule has 0 saturated heterocycles. The molecule has 116 valence electrons. The van der Waals surface area contributed by atoms with Crippen LogP contribution in [-0.4, -0.2) is 30.3 Å². The van der Waals surface area contributed by atoms with E-state index in [2.05, 4.69) is 50.3 Å². The molecule has 0 aliphatic carbocycles. The van der Waals surface area contributed by atoms with Crippen molar-refractivity contribution < 1.29 is 0 Å². The minimum absolute atomic E-state index is 0.260. The summed E-state index contributed by atoms with van der Waals surface area (Å²) in [5.41, 5.74) is 3.99. The maximum atomic E-state index is 4.53. The van der Waals surface area contributed by atoms with Gasteiger partial charge in [0.2, 0.25) is 0 Å². The summed E-state index contributed by atoms with van der Waals surface area (Å²) in [5.74, 6) is 2.61. The Morgan fingerprint density at radius 3 is 2.45 bits per heavy atom. The SMILES string of the molecule is CC(C)c1nc(N/N=C/c2ccc(Br)cc2)cc(N(C)C)n1. The standard InChI is InChI=1S/C16H20BrN5/c1-11(2)16-19-14(9-15(20-16)22(3)4)21-18-10-12-5-7-13(17)8-6-12/h5-11H,1-4H3,(H,19,20,21)/b18-10+. The fraction of sp³-hybridized carbons (Fsp3) is 0.312. The summed E-state index contributed by atoms with van der Waals surface area (Å²) in [6.07, 6.45) is 1.76. The number of nitrogens with one attached hydrogen (secondary N) is 1. The Kier molecular flexibility index (Phi) is 5.49. The number of nitrogens with zero attached hydrogens (tertiary/aromatic N) is 4. The van der Waals surface area contributed by atoms with E-state index >= 15 is 0 Å². The molecule has 2 aromatic rings. The van der Waals surface area contributed by atoms with Gasteiger partial charge in [0.25, 0.3) is 0 Å². The number of hydrogen-bond donors (Lipinski definition) is 1. The molecule has 5 nitrogen and oxygen atoms in total. The van der Waals surface area contributed by atoms with E-state index in [9.17, 15) is 0 Å². The predicted molar refractivity (Wildman–Crippen MR) is 95.8 cm³/mol. The summed E-state index contributed by atoms with van der Waals surface area (Å²) >= 11 is 3.41. The molecule has 0 amide bonds. The molecule has 1 N–H and O–H groups in total. The predicted octanol–water partition coefficient (Wildman–Crippen LogP) is 3.87. The van der Waals surface area contributed by atoms with E-state index < -0.39 is 0 Å². The molecule has 1 aromatic carbocycles. The zero-order valence-corrected chi connectivity index (χ0v) is 14.8. The molecule has 0 fully saturated rings. The lowest BCUT2D eigenvalue weighted by atomic mass is 10.2. The van der Waals surface area contributed by atoms with Gasteiger partial charge in [-0.05, 0) is 17.7 Å². The molecule has 0 radical (unpaired) electrons. The summed E-state index contributed by atoms with van der Waals surface area (Å²) < 4.78 is 1.05. The number of anilines is 2. The third-order valence-electron chi connectivity index (χ3n) is 2.97. The maximum absolute atomic E-state index is 4.53. The smallest absolute Gasteiger partial charge is 0.152 e. The van der Waals surface area contributed by atoms with Crippen LogP contribution in [0.4, 0.5) is 11.6 Å². The molecule has 0 unspecified atom stereocenters. The number of aromatic nitrogens is 2. The lowest BCUT2D eigenvalue weighted by Gasteiger charge is -2.15. The Bertz CT molecular complexity index is 624. The monoisotopic (exact) mass is 361 g/mol. The molecule has 22 heavy (non-hydrogen) atoms. The summed E-state index contributed by atoms with van der Waals surface area (Å²) in [6.45, 7) is 4.15. The second-order valence-corrected chi connectivity index (χ2v) is 6.36. The van der Waals surface area contributed by atoms with Crippen molar-refractivity contribution >= 4 is 33.8 Å². The van der Waals surface area contributed by atoms with Crippen LogP contribution in [-0.2, 0) is 0 Å². The molecule has 0 aliphatic rings. The van der Waals surface area contributed by atoms with Crippen LogP contribution in [0.3, 0.4) is 0 Å². The van der Waals surface area contributed by atoms with E-state index in [0.29, 0.717) is 5.82 Å². The van der Waals surface area contributed by atoms with Crippen LogP contribution >= 0.6 is 15.9 Å². The molecule has 0 bridgehead atoms. The Labute approximate surface area is 139 Å². The van der Waals surface area contributed by atoms with Crippen molar-refractivity contribution in [2.75, 3.05) is 24.4 Å². The van der Waals surface area contributed by atoms with Crippen LogP contribution in [0.5, 0.6) is 0 Å². The van der Waals surface area contributed by atoms with E-state index in [1.807, 2.05) is 49.3 Å². The van der Waals surface area contributed by atoms with Crippen molar-refractivity contribution in [3.05, 3.63) is 46.2 Å². The molecule has 1 heterocycles. The molecule has 0 saturated carbocycles. The average molecular weight is 362 g/mol. The van der Waals surface area contributed by atoms with E-state index in [4.69, 9.17) is 0 Å². The van der Waals surface area contributed by atoms with Crippen LogP contribution in [0.1, 0.15) is 31.2 Å². The van der Waals surface area contributed by atoms with E-state index in [0.717, 1.165) is 21.7 Å². The van der Waals surface area contributed by atoms with Gasteiger partial charge < -0.3 is 4.90 Å². The Morgan fingerprint density at radius 2 is 1.86 bits per heavy atom. The molecule has 1 aromatic heterocycles. The second-order valence-electron chi connectivity index (χ2n) is 5.44. The number of rotatable bonds is 5. The van der Waals surface area contributed by atoms with Crippen LogP contribution < -0.4 is 10.3 Å². The quantitative estimate of drug-likeness (QED) is 0.648. The van der Waals surface area contributed by atoms with Crippen molar-refractivity contribution in [1.82, 2.24) is 9.97 Å². The first-order valence-corrected chi connectivity index (χ1v) is 7.86. The summed E-state index contributed by atoms with van der Waals surface area (Å²) in [5, 5.41) is 4.24. The summed E-state index contributed by atoms with van der Waals surface area (Å²) in [4.78, 5) is 11.0. The number of halogens is 1. The van der Waals surface area contributed by atoms with Gasteiger partial charge >= 0.3 is 0 Å². The van der Waals surface area contributed by atoms with E-state index in [-0.39, 0.29) is 5.92 Å². The van der Waals surface area contributed by atoms with Gasteiger partial charge in [0, 0.05) is 30.6 Å². The zero-order chi connectivity index (χ0) is 16.1. The Balaban J connectivity index is 2.16. The summed E-state index contributed by atoms with van der Waals surface area (Å²) in [7, 11) is 3.92. The third kappa shape index (κ3) is 4.53. The highest BCUT2D eigenvalue weighted by molar-refractivity contribution is 9.10. The zero-order valence-electron chi connectivity index (χ0n) is 13.2. The average Bonchev–Trinajstić information content (AvgIpc) is 2.49. The number of benzene rings is 1. The summed E-state index contributed by atoms with van der Waals surface area (Å²) in [6, 6.07) is 9.81. The van der Waals surface area contributed by atoms with Crippen molar-refractivity contribution in [2.45, 2.75) is 19.8 Å². The van der Waals surface area contributed by atoms with Crippen LogP contribution in [0.2, 0.25) is 0 Å². The number of hydrazone groups is 1. The topological polar surface area (TPSA) is 53.4 Å². The van der Waals surface area contributed by atoms with Gasteiger partial charge in [0.05, 0.1) is 6.21 Å². The highest BCUT2D eigenvalue weighted by atomic mass is 79.9.